The highest BCUT2D eigenvalue weighted by Crippen LogP contribution is 2.38. The van der Waals surface area contributed by atoms with E-state index in [2.05, 4.69) is 6.58 Å². The van der Waals surface area contributed by atoms with Gasteiger partial charge in [-0.05, 0) is 48.9 Å². The molecule has 8 nitrogen and oxygen atoms in total. The maximum atomic E-state index is 16.9. The summed E-state index contributed by atoms with van der Waals surface area (Å²) in [5.74, 6) is 0. The van der Waals surface area contributed by atoms with Crippen LogP contribution >= 0.6 is 0 Å². The Kier molecular flexibility index (Phi) is 9.98. The summed E-state index contributed by atoms with van der Waals surface area (Å²) < 4.78 is 102. The van der Waals surface area contributed by atoms with Crippen LogP contribution in [0.1, 0.15) is 17.2 Å². The van der Waals surface area contributed by atoms with Crippen LogP contribution in [-0.2, 0) is 30.1 Å². The number of rotatable bonds is 13. The first-order chi connectivity index (χ1) is 20.4. The number of nitrogens with zero attached hydrogens (tertiary/aromatic N) is 2. The highest BCUT2D eigenvalue weighted by molar-refractivity contribution is 8.04. The second kappa shape index (κ2) is 13.3. The van der Waals surface area contributed by atoms with Crippen molar-refractivity contribution >= 4 is 30.1 Å². The molecular formula is C31H31FN2O6S3. The van der Waals surface area contributed by atoms with E-state index in [0.29, 0.717) is 0 Å². The summed E-state index contributed by atoms with van der Waals surface area (Å²) in [6.45, 7) is 4.20. The predicted molar refractivity (Wildman–Crippen MR) is 163 cm³/mol. The molecule has 226 valence electrons. The van der Waals surface area contributed by atoms with Gasteiger partial charge in [-0.15, -0.1) is 6.58 Å². The highest BCUT2D eigenvalue weighted by atomic mass is 32.3. The molecule has 43 heavy (non-hydrogen) atoms. The van der Waals surface area contributed by atoms with Crippen molar-refractivity contribution in [3.8, 4) is 0 Å². The lowest BCUT2D eigenvalue weighted by Gasteiger charge is -2.34. The third-order valence-electron chi connectivity index (χ3n) is 6.64. The summed E-state index contributed by atoms with van der Waals surface area (Å²) in [4.78, 5) is -0.857. The minimum Gasteiger partial charge on any atom is -0.244 e. The van der Waals surface area contributed by atoms with Crippen molar-refractivity contribution in [3.05, 3.63) is 139 Å². The molecule has 0 saturated carbocycles. The van der Waals surface area contributed by atoms with E-state index in [0.717, 1.165) is 9.87 Å². The van der Waals surface area contributed by atoms with E-state index in [9.17, 15) is 25.3 Å². The van der Waals surface area contributed by atoms with E-state index in [1.54, 1.807) is 37.3 Å². The Bertz CT molecular complexity index is 1780. The van der Waals surface area contributed by atoms with E-state index in [1.165, 1.54) is 91.0 Å². The molecule has 0 aliphatic rings. The normalized spacial score (nSPS) is 14.0. The number of halogens is 1. The Morgan fingerprint density at radius 2 is 1.07 bits per heavy atom. The Morgan fingerprint density at radius 3 is 1.51 bits per heavy atom. The molecule has 12 heteroatoms. The molecule has 2 atom stereocenters. The average Bonchev–Trinajstić information content (AvgIpc) is 3.00. The zero-order valence-corrected chi connectivity index (χ0v) is 25.7. The Balaban J connectivity index is 1.91. The molecule has 0 heterocycles. The molecule has 0 amide bonds. The van der Waals surface area contributed by atoms with Gasteiger partial charge in [-0.25, -0.2) is 29.6 Å². The van der Waals surface area contributed by atoms with Crippen LogP contribution in [0.4, 0.5) is 4.39 Å². The fourth-order valence-electron chi connectivity index (χ4n) is 4.50. The average molecular weight is 643 g/mol. The summed E-state index contributed by atoms with van der Waals surface area (Å²) in [5, 5.41) is 0. The summed E-state index contributed by atoms with van der Waals surface area (Å²) in [6, 6.07) is 25.1. The fourth-order valence-corrected chi connectivity index (χ4v) is 9.99. The molecule has 0 bridgehead atoms. The SMILES string of the molecule is C=CCN(CC(F)C(c1ccccc1)N(S(=O)(=O)c1ccccc1)S(=O)(=O)c1ccccc1)S(=O)(=O)c1ccc(C)cc1. The van der Waals surface area contributed by atoms with Crippen molar-refractivity contribution in [2.45, 2.75) is 33.8 Å². The summed E-state index contributed by atoms with van der Waals surface area (Å²) in [5.41, 5.74) is 0.829. The van der Waals surface area contributed by atoms with Gasteiger partial charge in [0.1, 0.15) is 6.17 Å². The minimum absolute atomic E-state index is 0.0142. The molecule has 4 rings (SSSR count). The van der Waals surface area contributed by atoms with Crippen LogP contribution in [0.25, 0.3) is 0 Å². The van der Waals surface area contributed by atoms with Gasteiger partial charge in [-0.2, -0.15) is 4.31 Å². The highest BCUT2D eigenvalue weighted by Gasteiger charge is 2.47. The molecule has 0 aliphatic carbocycles. The molecular weight excluding hydrogens is 612 g/mol. The third kappa shape index (κ3) is 6.94. The second-order valence-electron chi connectivity index (χ2n) is 9.66. The minimum atomic E-state index is -4.92. The van der Waals surface area contributed by atoms with Crippen LogP contribution in [0.15, 0.2) is 143 Å². The molecule has 0 radical (unpaired) electrons. The zero-order valence-electron chi connectivity index (χ0n) is 23.3. The largest absolute Gasteiger partial charge is 0.257 e. The van der Waals surface area contributed by atoms with Crippen LogP contribution in [-0.4, -0.2) is 52.5 Å². The Labute approximate surface area is 252 Å². The Morgan fingerprint density at radius 1 is 0.651 bits per heavy atom. The molecule has 0 N–H and O–H groups in total. The van der Waals surface area contributed by atoms with E-state index >= 15 is 4.39 Å². The molecule has 0 aromatic heterocycles. The molecule has 4 aromatic rings. The standard InChI is InChI=1S/C31H31FN2O6S3/c1-3-23-33(41(35,36)29-21-19-25(2)20-22-29)24-30(32)31(26-13-7-4-8-14-26)34(42(37,38)27-15-9-5-10-16-27)43(39,40)28-17-11-6-12-18-28/h3-22,30-31H,1,23-24H2,2H3. The number of hydrogen-bond donors (Lipinski definition) is 0. The van der Waals surface area contributed by atoms with Crippen LogP contribution in [0.2, 0.25) is 0 Å². The van der Waals surface area contributed by atoms with Crippen LogP contribution in [0.5, 0.6) is 0 Å². The first kappa shape index (κ1) is 32.2. The third-order valence-corrected chi connectivity index (χ3v) is 12.8. The lowest BCUT2D eigenvalue weighted by atomic mass is 10.0. The molecule has 2 unspecified atom stereocenters. The van der Waals surface area contributed by atoms with E-state index in [-0.39, 0.29) is 30.5 Å². The van der Waals surface area contributed by atoms with Gasteiger partial charge in [0.05, 0.1) is 20.7 Å². The molecule has 4 aromatic carbocycles. The van der Waals surface area contributed by atoms with Crippen molar-refractivity contribution in [1.29, 1.82) is 0 Å². The van der Waals surface area contributed by atoms with Gasteiger partial charge < -0.3 is 0 Å². The van der Waals surface area contributed by atoms with Gasteiger partial charge in [0.25, 0.3) is 20.0 Å². The maximum absolute atomic E-state index is 16.9. The molecule has 0 spiro atoms. The van der Waals surface area contributed by atoms with E-state index < -0.39 is 48.8 Å². The summed E-state index contributed by atoms with van der Waals surface area (Å²) in [7, 11) is -14.1. The lowest BCUT2D eigenvalue weighted by Crippen LogP contribution is -2.47. The number of alkyl halides is 1. The number of benzene rings is 4. The van der Waals surface area contributed by atoms with Gasteiger partial charge in [0, 0.05) is 13.1 Å². The van der Waals surface area contributed by atoms with Crippen molar-refractivity contribution < 1.29 is 29.6 Å². The topological polar surface area (TPSA) is 109 Å². The molecule has 0 fully saturated rings. The molecule has 0 saturated heterocycles. The monoisotopic (exact) mass is 642 g/mol. The van der Waals surface area contributed by atoms with Gasteiger partial charge in [0.15, 0.2) is 0 Å². The van der Waals surface area contributed by atoms with Crippen LogP contribution in [0.3, 0.4) is 0 Å². The zero-order chi connectivity index (χ0) is 31.3. The van der Waals surface area contributed by atoms with Gasteiger partial charge in [0.2, 0.25) is 10.0 Å². The predicted octanol–water partition coefficient (Wildman–Crippen LogP) is 5.33. The Hall–Kier alpha value is -3.68. The first-order valence-corrected chi connectivity index (χ1v) is 17.5. The maximum Gasteiger partial charge on any atom is 0.257 e. The molecule has 0 aliphatic heterocycles. The van der Waals surface area contributed by atoms with E-state index in [1.807, 2.05) is 0 Å². The van der Waals surface area contributed by atoms with Crippen molar-refractivity contribution in [2.24, 2.45) is 0 Å². The van der Waals surface area contributed by atoms with Crippen molar-refractivity contribution in [3.63, 3.8) is 0 Å². The van der Waals surface area contributed by atoms with Gasteiger partial charge in [-0.3, -0.25) is 0 Å². The van der Waals surface area contributed by atoms with E-state index in [4.69, 9.17) is 0 Å². The number of sulfonamides is 3. The van der Waals surface area contributed by atoms with Crippen LogP contribution < -0.4 is 0 Å². The summed E-state index contributed by atoms with van der Waals surface area (Å²) >= 11 is 0. The number of hydrogen-bond acceptors (Lipinski definition) is 6. The second-order valence-corrected chi connectivity index (χ2v) is 15.5. The van der Waals surface area contributed by atoms with Crippen molar-refractivity contribution in [1.82, 2.24) is 8.02 Å². The number of aryl methyl sites for hydroxylation is 1. The summed E-state index contributed by atoms with van der Waals surface area (Å²) in [6.07, 6.45) is -1.07. The fraction of sp³-hybridized carbons (Fsp3) is 0.161. The van der Waals surface area contributed by atoms with Crippen molar-refractivity contribution in [2.75, 3.05) is 13.1 Å². The van der Waals surface area contributed by atoms with Crippen LogP contribution in [0, 0.1) is 6.92 Å². The first-order valence-electron chi connectivity index (χ1n) is 13.2. The van der Waals surface area contributed by atoms with Gasteiger partial charge >= 0.3 is 0 Å². The quantitative estimate of drug-likeness (QED) is 0.183. The lowest BCUT2D eigenvalue weighted by molar-refractivity contribution is 0.193. The smallest absolute Gasteiger partial charge is 0.244 e. The van der Waals surface area contributed by atoms with Gasteiger partial charge in [-0.1, -0.05) is 94.2 Å².